The third-order valence-electron chi connectivity index (χ3n) is 3.02. The Morgan fingerprint density at radius 1 is 1.35 bits per heavy atom. The van der Waals surface area contributed by atoms with E-state index in [1.807, 2.05) is 17.6 Å². The normalized spacial score (nSPS) is 11.3. The van der Waals surface area contributed by atoms with Gasteiger partial charge in [0.15, 0.2) is 11.0 Å². The van der Waals surface area contributed by atoms with Gasteiger partial charge >= 0.3 is 6.18 Å². The number of hydrogen-bond acceptors (Lipinski definition) is 5. The highest BCUT2D eigenvalue weighted by molar-refractivity contribution is 7.99. The van der Waals surface area contributed by atoms with Crippen molar-refractivity contribution in [1.82, 2.24) is 14.8 Å². The van der Waals surface area contributed by atoms with E-state index in [2.05, 4.69) is 15.5 Å². The summed E-state index contributed by atoms with van der Waals surface area (Å²) in [5.41, 5.74) is -0.346. The smallest absolute Gasteiger partial charge is 0.378 e. The molecule has 1 N–H and O–H groups in total. The molecule has 0 radical (unpaired) electrons. The molecule has 2 aromatic rings. The molecule has 0 spiro atoms. The fourth-order valence-electron chi connectivity index (χ4n) is 1.96. The highest BCUT2D eigenvalue weighted by atomic mass is 32.2. The van der Waals surface area contributed by atoms with E-state index in [0.717, 1.165) is 12.1 Å². The van der Waals surface area contributed by atoms with Gasteiger partial charge in [0.25, 0.3) is 0 Å². The number of nitrogens with one attached hydrogen (secondary N) is 1. The Kier molecular flexibility index (Phi) is 5.50. The van der Waals surface area contributed by atoms with Gasteiger partial charge in [0.2, 0.25) is 0 Å². The van der Waals surface area contributed by atoms with Gasteiger partial charge in [-0.2, -0.15) is 18.4 Å². The maximum atomic E-state index is 12.7. The largest absolute Gasteiger partial charge is 0.416 e. The highest BCUT2D eigenvalue weighted by Gasteiger charge is 2.30. The minimum atomic E-state index is -4.37. The summed E-state index contributed by atoms with van der Waals surface area (Å²) in [7, 11) is 0. The predicted molar refractivity (Wildman–Crippen MR) is 80.8 cm³/mol. The molecule has 0 amide bonds. The number of benzene rings is 1. The Morgan fingerprint density at radius 3 is 2.78 bits per heavy atom. The number of nitriles is 1. The molecular weight excluding hydrogens is 327 g/mol. The summed E-state index contributed by atoms with van der Waals surface area (Å²) in [4.78, 5) is 0. The van der Waals surface area contributed by atoms with Crippen molar-refractivity contribution in [2.45, 2.75) is 31.3 Å². The summed E-state index contributed by atoms with van der Waals surface area (Å²) >= 11 is 1.27. The number of halogens is 3. The van der Waals surface area contributed by atoms with E-state index in [-0.39, 0.29) is 12.3 Å². The predicted octanol–water partition coefficient (Wildman–Crippen LogP) is 3.54. The quantitative estimate of drug-likeness (QED) is 0.814. The van der Waals surface area contributed by atoms with Crippen LogP contribution in [0.1, 0.15) is 18.3 Å². The van der Waals surface area contributed by atoms with Crippen molar-refractivity contribution in [3.8, 4) is 6.07 Å². The molecule has 0 aliphatic rings. The van der Waals surface area contributed by atoms with Crippen LogP contribution in [-0.4, -0.2) is 20.5 Å². The van der Waals surface area contributed by atoms with Crippen molar-refractivity contribution in [3.63, 3.8) is 0 Å². The summed E-state index contributed by atoms with van der Waals surface area (Å²) in [5.74, 6) is 0.865. The number of nitrogens with zero attached hydrogens (tertiary/aromatic N) is 4. The fourth-order valence-corrected chi connectivity index (χ4v) is 2.64. The van der Waals surface area contributed by atoms with Gasteiger partial charge in [-0.15, -0.1) is 10.2 Å². The number of rotatable bonds is 6. The van der Waals surface area contributed by atoms with E-state index in [0.29, 0.717) is 23.2 Å². The highest BCUT2D eigenvalue weighted by Crippen LogP contribution is 2.30. The fraction of sp³-hybridized carbons (Fsp3) is 0.357. The Labute approximate surface area is 135 Å². The maximum absolute atomic E-state index is 12.7. The molecule has 0 saturated heterocycles. The van der Waals surface area contributed by atoms with Crippen molar-refractivity contribution in [2.75, 3.05) is 11.1 Å². The van der Waals surface area contributed by atoms with Crippen LogP contribution >= 0.6 is 11.8 Å². The molecule has 1 heterocycles. The molecule has 1 aromatic carbocycles. The Hall–Kier alpha value is -2.21. The number of aromatic nitrogens is 3. The SMILES string of the molecule is CCn1c(CNc2cccc(C(F)(F)F)c2)nnc1SCC#N. The molecule has 0 saturated carbocycles. The summed E-state index contributed by atoms with van der Waals surface area (Å²) in [6.07, 6.45) is -4.37. The molecule has 0 unspecified atom stereocenters. The lowest BCUT2D eigenvalue weighted by atomic mass is 10.2. The molecule has 2 rings (SSSR count). The summed E-state index contributed by atoms with van der Waals surface area (Å²) in [5, 5.41) is 20.2. The van der Waals surface area contributed by atoms with Gasteiger partial charge in [-0.05, 0) is 25.1 Å². The third kappa shape index (κ3) is 4.39. The van der Waals surface area contributed by atoms with Crippen LogP contribution in [0, 0.1) is 11.3 Å². The number of thioether (sulfide) groups is 1. The minimum absolute atomic E-state index is 0.245. The molecule has 0 bridgehead atoms. The number of anilines is 1. The van der Waals surface area contributed by atoms with Crippen molar-refractivity contribution < 1.29 is 13.2 Å². The second kappa shape index (κ2) is 7.37. The molecule has 23 heavy (non-hydrogen) atoms. The van der Waals surface area contributed by atoms with Crippen LogP contribution < -0.4 is 5.32 Å². The van der Waals surface area contributed by atoms with Crippen molar-refractivity contribution in [2.24, 2.45) is 0 Å². The zero-order valence-corrected chi connectivity index (χ0v) is 13.1. The van der Waals surface area contributed by atoms with Crippen LogP contribution in [0.2, 0.25) is 0 Å². The second-order valence-electron chi connectivity index (χ2n) is 4.52. The monoisotopic (exact) mass is 341 g/mol. The van der Waals surface area contributed by atoms with Crippen LogP contribution in [0.3, 0.4) is 0 Å². The molecule has 122 valence electrons. The van der Waals surface area contributed by atoms with E-state index in [4.69, 9.17) is 5.26 Å². The molecule has 1 aromatic heterocycles. The van der Waals surface area contributed by atoms with Crippen molar-refractivity contribution in [1.29, 1.82) is 5.26 Å². The van der Waals surface area contributed by atoms with Crippen LogP contribution in [0.5, 0.6) is 0 Å². The van der Waals surface area contributed by atoms with Crippen molar-refractivity contribution >= 4 is 17.4 Å². The minimum Gasteiger partial charge on any atom is -0.378 e. The van der Waals surface area contributed by atoms with E-state index >= 15 is 0 Å². The van der Waals surface area contributed by atoms with Crippen LogP contribution in [-0.2, 0) is 19.3 Å². The average molecular weight is 341 g/mol. The van der Waals surface area contributed by atoms with Gasteiger partial charge in [0, 0.05) is 12.2 Å². The lowest BCUT2D eigenvalue weighted by Crippen LogP contribution is -2.10. The van der Waals surface area contributed by atoms with Gasteiger partial charge < -0.3 is 9.88 Å². The number of hydrogen-bond donors (Lipinski definition) is 1. The summed E-state index contributed by atoms with van der Waals surface area (Å²) in [6.45, 7) is 2.77. The maximum Gasteiger partial charge on any atom is 0.416 e. The topological polar surface area (TPSA) is 66.5 Å². The Morgan fingerprint density at radius 2 is 2.13 bits per heavy atom. The Bertz CT molecular complexity index is 705. The van der Waals surface area contributed by atoms with Crippen molar-refractivity contribution in [3.05, 3.63) is 35.7 Å². The zero-order valence-electron chi connectivity index (χ0n) is 12.3. The van der Waals surface area contributed by atoms with Crippen LogP contribution in [0.15, 0.2) is 29.4 Å². The number of alkyl halides is 3. The first-order chi connectivity index (χ1) is 11.0. The van der Waals surface area contributed by atoms with E-state index < -0.39 is 11.7 Å². The molecule has 0 aliphatic carbocycles. The second-order valence-corrected chi connectivity index (χ2v) is 5.46. The third-order valence-corrected chi connectivity index (χ3v) is 3.85. The van der Waals surface area contributed by atoms with E-state index in [1.165, 1.54) is 17.8 Å². The first kappa shape index (κ1) is 17.1. The van der Waals surface area contributed by atoms with Gasteiger partial charge in [-0.1, -0.05) is 17.8 Å². The lowest BCUT2D eigenvalue weighted by molar-refractivity contribution is -0.137. The zero-order chi connectivity index (χ0) is 16.9. The molecule has 9 heteroatoms. The standard InChI is InChI=1S/C14H14F3N5S/c1-2-22-12(20-21-13(22)23-7-6-18)9-19-11-5-3-4-10(8-11)14(15,16)17/h3-5,8,19H,2,7,9H2,1H3. The first-order valence-corrected chi connectivity index (χ1v) is 7.77. The Balaban J connectivity index is 2.09. The summed E-state index contributed by atoms with van der Waals surface area (Å²) in [6, 6.07) is 7.01. The first-order valence-electron chi connectivity index (χ1n) is 6.78. The van der Waals surface area contributed by atoms with E-state index in [1.54, 1.807) is 6.07 Å². The van der Waals surface area contributed by atoms with Gasteiger partial charge in [-0.25, -0.2) is 0 Å². The average Bonchev–Trinajstić information content (AvgIpc) is 2.92. The molecule has 0 aliphatic heterocycles. The molecule has 0 atom stereocenters. The lowest BCUT2D eigenvalue weighted by Gasteiger charge is -2.11. The summed E-state index contributed by atoms with van der Waals surface area (Å²) < 4.78 is 39.9. The molecule has 5 nitrogen and oxygen atoms in total. The van der Waals surface area contributed by atoms with Gasteiger partial charge in [0.05, 0.1) is 23.9 Å². The molecule has 0 fully saturated rings. The van der Waals surface area contributed by atoms with Crippen LogP contribution in [0.25, 0.3) is 0 Å². The van der Waals surface area contributed by atoms with Crippen LogP contribution in [0.4, 0.5) is 18.9 Å². The molecular formula is C14H14F3N5S. The van der Waals surface area contributed by atoms with E-state index in [9.17, 15) is 13.2 Å². The van der Waals surface area contributed by atoms with Gasteiger partial charge in [-0.3, -0.25) is 0 Å². The van der Waals surface area contributed by atoms with Gasteiger partial charge in [0.1, 0.15) is 0 Å².